The van der Waals surface area contributed by atoms with Crippen molar-refractivity contribution < 1.29 is 0 Å². The molecular weight excluding hydrogens is 188 g/mol. The van der Waals surface area contributed by atoms with Crippen LogP contribution in [0, 0.1) is 0 Å². The van der Waals surface area contributed by atoms with Gasteiger partial charge in [-0.25, -0.2) is 0 Å². The van der Waals surface area contributed by atoms with Gasteiger partial charge in [-0.05, 0) is 12.5 Å². The Kier molecular flexibility index (Phi) is 2.51. The lowest BCUT2D eigenvalue weighted by Gasteiger charge is -2.05. The van der Waals surface area contributed by atoms with E-state index in [9.17, 15) is 0 Å². The number of nitrogens with zero attached hydrogens (tertiary/aromatic N) is 3. The summed E-state index contributed by atoms with van der Waals surface area (Å²) in [5.41, 5.74) is 8.85. The maximum atomic E-state index is 5.77. The molecule has 0 aliphatic rings. The summed E-state index contributed by atoms with van der Waals surface area (Å²) in [4.78, 5) is 0. The van der Waals surface area contributed by atoms with Gasteiger partial charge < -0.3 is 5.73 Å². The van der Waals surface area contributed by atoms with Gasteiger partial charge in [0.05, 0.1) is 6.20 Å². The van der Waals surface area contributed by atoms with Gasteiger partial charge in [-0.2, -0.15) is 0 Å². The van der Waals surface area contributed by atoms with Gasteiger partial charge in [0.2, 0.25) is 0 Å². The van der Waals surface area contributed by atoms with Gasteiger partial charge in [0.15, 0.2) is 0 Å². The van der Waals surface area contributed by atoms with Crippen LogP contribution in [0.3, 0.4) is 0 Å². The standard InChI is InChI=1S/C11H14N4/c1-8(12)9-3-5-10(6-4-9)11-7-15(2)14-13-11/h3-8H,12H2,1-2H3/t8-/m0/s1. The van der Waals surface area contributed by atoms with Crippen molar-refractivity contribution in [3.8, 4) is 11.3 Å². The summed E-state index contributed by atoms with van der Waals surface area (Å²) in [5.74, 6) is 0. The molecule has 0 radical (unpaired) electrons. The van der Waals surface area contributed by atoms with Crippen molar-refractivity contribution in [1.29, 1.82) is 0 Å². The number of hydrogen-bond acceptors (Lipinski definition) is 3. The summed E-state index contributed by atoms with van der Waals surface area (Å²) < 4.78 is 1.69. The zero-order valence-corrected chi connectivity index (χ0v) is 8.88. The fraction of sp³-hybridized carbons (Fsp3) is 0.273. The molecule has 1 atom stereocenters. The Hall–Kier alpha value is -1.68. The van der Waals surface area contributed by atoms with Gasteiger partial charge >= 0.3 is 0 Å². The predicted octanol–water partition coefficient (Wildman–Crippen LogP) is 1.50. The summed E-state index contributed by atoms with van der Waals surface area (Å²) in [7, 11) is 1.85. The minimum atomic E-state index is 0.0703. The van der Waals surface area contributed by atoms with Crippen LogP contribution in [0.5, 0.6) is 0 Å². The lowest BCUT2D eigenvalue weighted by molar-refractivity contribution is 0.715. The first-order valence-corrected chi connectivity index (χ1v) is 4.89. The molecule has 4 heteroatoms. The third kappa shape index (κ3) is 2.05. The van der Waals surface area contributed by atoms with Crippen LogP contribution < -0.4 is 5.73 Å². The first-order chi connectivity index (χ1) is 7.16. The molecular formula is C11H14N4. The molecule has 0 unspecified atom stereocenters. The van der Waals surface area contributed by atoms with Crippen LogP contribution in [0.4, 0.5) is 0 Å². The number of aryl methyl sites for hydroxylation is 1. The van der Waals surface area contributed by atoms with E-state index in [2.05, 4.69) is 10.3 Å². The van der Waals surface area contributed by atoms with Gasteiger partial charge in [-0.1, -0.05) is 29.5 Å². The minimum Gasteiger partial charge on any atom is -0.324 e. The molecule has 78 valence electrons. The van der Waals surface area contributed by atoms with Crippen molar-refractivity contribution in [2.45, 2.75) is 13.0 Å². The average Bonchev–Trinajstić information content (AvgIpc) is 2.65. The normalized spacial score (nSPS) is 12.7. The Labute approximate surface area is 88.7 Å². The van der Waals surface area contributed by atoms with Crippen molar-refractivity contribution in [1.82, 2.24) is 15.0 Å². The molecule has 0 bridgehead atoms. The second kappa shape index (κ2) is 3.82. The maximum Gasteiger partial charge on any atom is 0.113 e. The van der Waals surface area contributed by atoms with Gasteiger partial charge in [0, 0.05) is 18.7 Å². The highest BCUT2D eigenvalue weighted by Crippen LogP contribution is 2.18. The zero-order chi connectivity index (χ0) is 10.8. The lowest BCUT2D eigenvalue weighted by atomic mass is 10.1. The van der Waals surface area contributed by atoms with E-state index in [0.717, 1.165) is 16.8 Å². The molecule has 15 heavy (non-hydrogen) atoms. The van der Waals surface area contributed by atoms with Crippen molar-refractivity contribution in [2.75, 3.05) is 0 Å². The Balaban J connectivity index is 2.31. The highest BCUT2D eigenvalue weighted by molar-refractivity contribution is 5.58. The second-order valence-corrected chi connectivity index (χ2v) is 3.69. The molecule has 0 saturated heterocycles. The third-order valence-electron chi connectivity index (χ3n) is 2.33. The SMILES string of the molecule is C[C@H](N)c1ccc(-c2cn(C)nn2)cc1. The van der Waals surface area contributed by atoms with Gasteiger partial charge in [0.25, 0.3) is 0 Å². The van der Waals surface area contributed by atoms with E-state index in [1.807, 2.05) is 44.4 Å². The Bertz CT molecular complexity index is 442. The minimum absolute atomic E-state index is 0.0703. The molecule has 1 aromatic carbocycles. The van der Waals surface area contributed by atoms with E-state index in [0.29, 0.717) is 0 Å². The molecule has 0 saturated carbocycles. The van der Waals surface area contributed by atoms with Crippen molar-refractivity contribution in [3.05, 3.63) is 36.0 Å². The number of nitrogens with two attached hydrogens (primary N) is 1. The molecule has 0 aliphatic carbocycles. The summed E-state index contributed by atoms with van der Waals surface area (Å²) >= 11 is 0. The van der Waals surface area contributed by atoms with Crippen molar-refractivity contribution >= 4 is 0 Å². The number of benzene rings is 1. The summed E-state index contributed by atoms with van der Waals surface area (Å²) in [5, 5.41) is 7.93. The van der Waals surface area contributed by atoms with E-state index in [1.54, 1.807) is 4.68 Å². The molecule has 0 fully saturated rings. The first kappa shape index (κ1) is 9.86. The maximum absolute atomic E-state index is 5.77. The molecule has 2 aromatic rings. The highest BCUT2D eigenvalue weighted by atomic mass is 15.4. The molecule has 1 aromatic heterocycles. The predicted molar refractivity (Wildman–Crippen MR) is 59.0 cm³/mol. The fourth-order valence-corrected chi connectivity index (χ4v) is 1.44. The molecule has 4 nitrogen and oxygen atoms in total. The van der Waals surface area contributed by atoms with E-state index in [1.165, 1.54) is 0 Å². The van der Waals surface area contributed by atoms with Gasteiger partial charge in [-0.3, -0.25) is 4.68 Å². The highest BCUT2D eigenvalue weighted by Gasteiger charge is 2.03. The topological polar surface area (TPSA) is 56.7 Å². The summed E-state index contributed by atoms with van der Waals surface area (Å²) in [6.07, 6.45) is 1.89. The fourth-order valence-electron chi connectivity index (χ4n) is 1.44. The van der Waals surface area contributed by atoms with Crippen LogP contribution in [-0.4, -0.2) is 15.0 Å². The number of rotatable bonds is 2. The van der Waals surface area contributed by atoms with E-state index in [-0.39, 0.29) is 6.04 Å². The van der Waals surface area contributed by atoms with Crippen LogP contribution in [0.25, 0.3) is 11.3 Å². The van der Waals surface area contributed by atoms with Crippen LogP contribution >= 0.6 is 0 Å². The van der Waals surface area contributed by atoms with Crippen LogP contribution in [0.15, 0.2) is 30.5 Å². The Morgan fingerprint density at radius 1 is 1.27 bits per heavy atom. The quantitative estimate of drug-likeness (QED) is 0.803. The van der Waals surface area contributed by atoms with Crippen molar-refractivity contribution in [3.63, 3.8) is 0 Å². The van der Waals surface area contributed by atoms with Crippen LogP contribution in [-0.2, 0) is 7.05 Å². The van der Waals surface area contributed by atoms with E-state index >= 15 is 0 Å². The van der Waals surface area contributed by atoms with E-state index < -0.39 is 0 Å². The molecule has 1 heterocycles. The first-order valence-electron chi connectivity index (χ1n) is 4.89. The molecule has 0 spiro atoms. The zero-order valence-electron chi connectivity index (χ0n) is 8.88. The largest absolute Gasteiger partial charge is 0.324 e. The van der Waals surface area contributed by atoms with Crippen LogP contribution in [0.2, 0.25) is 0 Å². The summed E-state index contributed by atoms with van der Waals surface area (Å²) in [6.45, 7) is 1.97. The molecule has 2 rings (SSSR count). The Morgan fingerprint density at radius 3 is 2.40 bits per heavy atom. The second-order valence-electron chi connectivity index (χ2n) is 3.69. The molecule has 0 aliphatic heterocycles. The van der Waals surface area contributed by atoms with E-state index in [4.69, 9.17) is 5.73 Å². The average molecular weight is 202 g/mol. The summed E-state index contributed by atoms with van der Waals surface area (Å²) in [6, 6.07) is 8.15. The number of aromatic nitrogens is 3. The third-order valence-corrected chi connectivity index (χ3v) is 2.33. The van der Waals surface area contributed by atoms with Crippen LogP contribution in [0.1, 0.15) is 18.5 Å². The molecule has 0 amide bonds. The lowest BCUT2D eigenvalue weighted by Crippen LogP contribution is -2.04. The van der Waals surface area contributed by atoms with Gasteiger partial charge in [0.1, 0.15) is 5.69 Å². The Morgan fingerprint density at radius 2 is 1.93 bits per heavy atom. The number of hydrogen-bond donors (Lipinski definition) is 1. The molecule has 2 N–H and O–H groups in total. The monoisotopic (exact) mass is 202 g/mol. The van der Waals surface area contributed by atoms with Gasteiger partial charge in [-0.15, -0.1) is 5.10 Å². The smallest absolute Gasteiger partial charge is 0.113 e. The van der Waals surface area contributed by atoms with Crippen molar-refractivity contribution in [2.24, 2.45) is 12.8 Å².